The summed E-state index contributed by atoms with van der Waals surface area (Å²) >= 11 is 0. The molecule has 1 saturated heterocycles. The third-order valence-electron chi connectivity index (χ3n) is 6.34. The predicted molar refractivity (Wildman–Crippen MR) is 141 cm³/mol. The van der Waals surface area contributed by atoms with Crippen molar-refractivity contribution in [3.63, 3.8) is 0 Å². The molecule has 1 aromatic rings. The number of carbonyl (C=O) groups excluding carboxylic acids is 1. The van der Waals surface area contributed by atoms with Gasteiger partial charge in [-0.1, -0.05) is 31.4 Å². The zero-order valence-electron chi connectivity index (χ0n) is 19.8. The van der Waals surface area contributed by atoms with Crippen molar-refractivity contribution < 1.29 is 9.53 Å². The fourth-order valence-electron chi connectivity index (χ4n) is 4.43. The maximum Gasteiger partial charge on any atom is 0.243 e. The Kier molecular flexibility index (Phi) is 11.6. The molecular weight excluding hydrogens is 517 g/mol. The van der Waals surface area contributed by atoms with E-state index in [1.54, 1.807) is 26.1 Å². The number of amides is 1. The molecule has 1 atom stereocenters. The average Bonchev–Trinajstić information content (AvgIpc) is 3.32. The zero-order chi connectivity index (χ0) is 22.1. The lowest BCUT2D eigenvalue weighted by Gasteiger charge is -2.30. The molecule has 1 aliphatic heterocycles. The lowest BCUT2D eigenvalue weighted by atomic mass is 9.96. The van der Waals surface area contributed by atoms with Crippen LogP contribution in [0.15, 0.2) is 29.3 Å². The first-order valence-corrected chi connectivity index (χ1v) is 11.7. The second kappa shape index (κ2) is 13.9. The molecule has 3 rings (SSSR count). The number of methoxy groups -OCH3 is 1. The Morgan fingerprint density at radius 1 is 1.19 bits per heavy atom. The number of halogens is 1. The van der Waals surface area contributed by atoms with Gasteiger partial charge in [-0.3, -0.25) is 9.69 Å². The maximum atomic E-state index is 12.1. The van der Waals surface area contributed by atoms with Crippen LogP contribution in [0.4, 0.5) is 0 Å². The number of benzene rings is 1. The van der Waals surface area contributed by atoms with Gasteiger partial charge in [0.1, 0.15) is 12.3 Å². The lowest BCUT2D eigenvalue weighted by Crippen LogP contribution is -2.47. The van der Waals surface area contributed by atoms with Gasteiger partial charge in [0.15, 0.2) is 5.96 Å². The summed E-state index contributed by atoms with van der Waals surface area (Å²) in [5.41, 5.74) is 1.25. The standard InChI is InChI=1S/C24H39N5O2.HI/c1-28(2)23(30)18-26-24(27-20-11-5-4-6-12-20)25-17-22(29-14-7-8-15-29)19-10-9-13-21(16-19)31-3;/h9-10,13,16,20,22H,4-8,11-12,14-15,17-18H2,1-3H3,(H2,25,26,27);1H. The van der Waals surface area contributed by atoms with Crippen LogP contribution in [0.1, 0.15) is 56.6 Å². The number of nitrogens with one attached hydrogen (secondary N) is 2. The van der Waals surface area contributed by atoms with Gasteiger partial charge in [0.25, 0.3) is 0 Å². The highest BCUT2D eigenvalue weighted by Crippen LogP contribution is 2.27. The zero-order valence-corrected chi connectivity index (χ0v) is 22.1. The molecule has 2 fully saturated rings. The van der Waals surface area contributed by atoms with Crippen molar-refractivity contribution in [2.45, 2.75) is 57.0 Å². The molecule has 8 heteroatoms. The van der Waals surface area contributed by atoms with Crippen molar-refractivity contribution in [1.29, 1.82) is 0 Å². The van der Waals surface area contributed by atoms with Crippen LogP contribution in [0.25, 0.3) is 0 Å². The minimum Gasteiger partial charge on any atom is -0.497 e. The fourth-order valence-corrected chi connectivity index (χ4v) is 4.43. The Bertz CT molecular complexity index is 731. The molecule has 180 valence electrons. The molecule has 1 amide bonds. The smallest absolute Gasteiger partial charge is 0.243 e. The fraction of sp³-hybridized carbons (Fsp3) is 0.667. The van der Waals surface area contributed by atoms with Crippen LogP contribution in [0.2, 0.25) is 0 Å². The molecule has 0 aromatic heterocycles. The summed E-state index contributed by atoms with van der Waals surface area (Å²) in [7, 11) is 5.25. The van der Waals surface area contributed by atoms with Gasteiger partial charge in [-0.15, -0.1) is 24.0 Å². The first-order valence-electron chi connectivity index (χ1n) is 11.7. The van der Waals surface area contributed by atoms with Gasteiger partial charge in [-0.2, -0.15) is 0 Å². The minimum atomic E-state index is 0. The summed E-state index contributed by atoms with van der Waals surface area (Å²) in [5.74, 6) is 1.63. The second-order valence-corrected chi connectivity index (χ2v) is 8.85. The highest BCUT2D eigenvalue weighted by molar-refractivity contribution is 14.0. The summed E-state index contributed by atoms with van der Waals surface area (Å²) in [4.78, 5) is 20.9. The van der Waals surface area contributed by atoms with Crippen molar-refractivity contribution in [2.24, 2.45) is 4.99 Å². The van der Waals surface area contributed by atoms with E-state index in [4.69, 9.17) is 4.74 Å². The third-order valence-corrected chi connectivity index (χ3v) is 6.34. The Morgan fingerprint density at radius 2 is 1.91 bits per heavy atom. The van der Waals surface area contributed by atoms with Crippen LogP contribution in [0.5, 0.6) is 5.75 Å². The molecule has 7 nitrogen and oxygen atoms in total. The summed E-state index contributed by atoms with van der Waals surface area (Å²) in [6, 6.07) is 9.02. The van der Waals surface area contributed by atoms with Crippen molar-refractivity contribution in [3.05, 3.63) is 29.8 Å². The highest BCUT2D eigenvalue weighted by atomic mass is 127. The number of guanidine groups is 1. The molecule has 1 aliphatic carbocycles. The summed E-state index contributed by atoms with van der Waals surface area (Å²) in [5, 5.41) is 7.16. The van der Waals surface area contributed by atoms with Crippen LogP contribution < -0.4 is 15.4 Å². The average molecular weight is 558 g/mol. The van der Waals surface area contributed by atoms with E-state index in [0.717, 1.165) is 44.2 Å². The number of rotatable bonds is 8. The predicted octanol–water partition coefficient (Wildman–Crippen LogP) is 3.41. The van der Waals surface area contributed by atoms with E-state index in [1.165, 1.54) is 37.7 Å². The van der Waals surface area contributed by atoms with Gasteiger partial charge in [0.2, 0.25) is 5.91 Å². The summed E-state index contributed by atoms with van der Waals surface area (Å²) < 4.78 is 5.46. The topological polar surface area (TPSA) is 69.2 Å². The molecule has 1 unspecified atom stereocenters. The SMILES string of the molecule is COc1cccc(C(CNC(=NCC(=O)N(C)C)NC2CCCCC2)N2CCCC2)c1.I. The van der Waals surface area contributed by atoms with E-state index in [-0.39, 0.29) is 42.5 Å². The minimum absolute atomic E-state index is 0. The molecule has 1 aromatic carbocycles. The van der Waals surface area contributed by atoms with E-state index < -0.39 is 0 Å². The van der Waals surface area contributed by atoms with E-state index in [0.29, 0.717) is 6.04 Å². The number of likely N-dealkylation sites (N-methyl/N-ethyl adjacent to an activating group) is 1. The lowest BCUT2D eigenvalue weighted by molar-refractivity contribution is -0.127. The van der Waals surface area contributed by atoms with Crippen molar-refractivity contribution in [3.8, 4) is 5.75 Å². The second-order valence-electron chi connectivity index (χ2n) is 8.85. The van der Waals surface area contributed by atoms with Gasteiger partial charge in [-0.25, -0.2) is 4.99 Å². The third kappa shape index (κ3) is 8.10. The number of ether oxygens (including phenoxy) is 1. The quantitative estimate of drug-likeness (QED) is 0.292. The monoisotopic (exact) mass is 557 g/mol. The van der Waals surface area contributed by atoms with Crippen LogP contribution in [-0.2, 0) is 4.79 Å². The summed E-state index contributed by atoms with van der Waals surface area (Å²) in [6.07, 6.45) is 8.60. The van der Waals surface area contributed by atoms with Crippen LogP contribution in [0.3, 0.4) is 0 Å². The molecule has 0 spiro atoms. The van der Waals surface area contributed by atoms with Crippen molar-refractivity contribution in [1.82, 2.24) is 20.4 Å². The number of likely N-dealkylation sites (tertiary alicyclic amines) is 1. The first-order chi connectivity index (χ1) is 15.1. The molecule has 2 N–H and O–H groups in total. The Balaban J connectivity index is 0.00000363. The number of carbonyl (C=O) groups is 1. The van der Waals surface area contributed by atoms with Gasteiger partial charge < -0.3 is 20.3 Å². The first kappa shape index (κ1) is 26.7. The van der Waals surface area contributed by atoms with Gasteiger partial charge in [0.05, 0.1) is 13.2 Å². The number of hydrogen-bond donors (Lipinski definition) is 2. The number of nitrogens with zero attached hydrogens (tertiary/aromatic N) is 3. The van der Waals surface area contributed by atoms with E-state index in [2.05, 4.69) is 38.7 Å². The summed E-state index contributed by atoms with van der Waals surface area (Å²) in [6.45, 7) is 3.10. The molecule has 2 aliphatic rings. The van der Waals surface area contributed by atoms with Crippen LogP contribution in [-0.4, -0.2) is 75.1 Å². The maximum absolute atomic E-state index is 12.1. The number of hydrogen-bond acceptors (Lipinski definition) is 4. The van der Waals surface area contributed by atoms with Crippen molar-refractivity contribution >= 4 is 35.8 Å². The molecule has 1 heterocycles. The molecular formula is C24H40IN5O2. The molecule has 32 heavy (non-hydrogen) atoms. The van der Waals surface area contributed by atoms with E-state index in [1.807, 2.05) is 6.07 Å². The van der Waals surface area contributed by atoms with Gasteiger partial charge >= 0.3 is 0 Å². The van der Waals surface area contributed by atoms with Crippen LogP contribution in [0, 0.1) is 0 Å². The Labute approximate surface area is 210 Å². The Morgan fingerprint density at radius 3 is 2.56 bits per heavy atom. The molecule has 0 bridgehead atoms. The van der Waals surface area contributed by atoms with Crippen molar-refractivity contribution in [2.75, 3.05) is 47.4 Å². The number of aliphatic imine (C=N–C) groups is 1. The van der Waals surface area contributed by atoms with Gasteiger partial charge in [0, 0.05) is 26.7 Å². The van der Waals surface area contributed by atoms with E-state index >= 15 is 0 Å². The molecule has 0 radical (unpaired) electrons. The van der Waals surface area contributed by atoms with Gasteiger partial charge in [-0.05, 0) is 56.5 Å². The molecule has 1 saturated carbocycles. The van der Waals surface area contributed by atoms with Crippen LogP contribution >= 0.6 is 24.0 Å². The highest BCUT2D eigenvalue weighted by Gasteiger charge is 2.24. The largest absolute Gasteiger partial charge is 0.497 e. The Hall–Kier alpha value is -1.55. The van der Waals surface area contributed by atoms with E-state index in [9.17, 15) is 4.79 Å². The normalized spacial score (nSPS) is 18.5.